The van der Waals surface area contributed by atoms with Crippen LogP contribution in [0.2, 0.25) is 0 Å². The zero-order valence-electron chi connectivity index (χ0n) is 13.1. The van der Waals surface area contributed by atoms with E-state index < -0.39 is 0 Å². The molecule has 1 aromatic carbocycles. The molecule has 0 aliphatic rings. The Kier molecular flexibility index (Phi) is 6.57. The lowest BCUT2D eigenvalue weighted by Crippen LogP contribution is -2.15. The maximum absolute atomic E-state index is 9.24. The minimum absolute atomic E-state index is 0.139. The first-order valence-corrected chi connectivity index (χ1v) is 7.63. The molecule has 0 fully saturated rings. The number of unbranched alkanes of at least 4 members (excludes halogenated alkanes) is 2. The standard InChI is InChI=1S/C18H30O/c1-15-10-7-8-12-17(15)14-18(3,4)13-9-5-6-11-16(2)19/h7-8,10,12,16,19H,5-6,9,11,13-14H2,1-4H3. The number of hydrogen-bond acceptors (Lipinski definition) is 1. The van der Waals surface area contributed by atoms with Crippen molar-refractivity contribution >= 4 is 0 Å². The van der Waals surface area contributed by atoms with Gasteiger partial charge in [0.2, 0.25) is 0 Å². The van der Waals surface area contributed by atoms with E-state index >= 15 is 0 Å². The molecule has 19 heavy (non-hydrogen) atoms. The van der Waals surface area contributed by atoms with Gasteiger partial charge in [-0.3, -0.25) is 0 Å². The Bertz CT molecular complexity index is 366. The summed E-state index contributed by atoms with van der Waals surface area (Å²) < 4.78 is 0. The molecule has 0 aliphatic carbocycles. The summed E-state index contributed by atoms with van der Waals surface area (Å²) in [6, 6.07) is 8.71. The molecule has 1 rings (SSSR count). The van der Waals surface area contributed by atoms with E-state index in [0.29, 0.717) is 5.41 Å². The molecule has 108 valence electrons. The first kappa shape index (κ1) is 16.2. The Hall–Kier alpha value is -0.820. The summed E-state index contributed by atoms with van der Waals surface area (Å²) in [5.41, 5.74) is 3.26. The predicted octanol–water partition coefficient (Wildman–Crippen LogP) is 4.90. The van der Waals surface area contributed by atoms with Crippen molar-refractivity contribution in [3.05, 3.63) is 35.4 Å². The topological polar surface area (TPSA) is 20.2 Å². The fraction of sp³-hybridized carbons (Fsp3) is 0.667. The normalized spacial score (nSPS) is 13.5. The fourth-order valence-electron chi connectivity index (χ4n) is 2.63. The van der Waals surface area contributed by atoms with Gasteiger partial charge in [0, 0.05) is 0 Å². The maximum Gasteiger partial charge on any atom is 0.0512 e. The van der Waals surface area contributed by atoms with Gasteiger partial charge in [0.25, 0.3) is 0 Å². The van der Waals surface area contributed by atoms with Gasteiger partial charge in [-0.2, -0.15) is 0 Å². The molecule has 1 nitrogen and oxygen atoms in total. The molecule has 1 aromatic rings. The molecule has 0 aliphatic heterocycles. The van der Waals surface area contributed by atoms with Crippen LogP contribution in [0.25, 0.3) is 0 Å². The largest absolute Gasteiger partial charge is 0.393 e. The van der Waals surface area contributed by atoms with Crippen LogP contribution < -0.4 is 0 Å². The van der Waals surface area contributed by atoms with Gasteiger partial charge >= 0.3 is 0 Å². The molecular formula is C18H30O. The summed E-state index contributed by atoms with van der Waals surface area (Å²) in [5, 5.41) is 9.24. The van der Waals surface area contributed by atoms with Gasteiger partial charge in [0.15, 0.2) is 0 Å². The summed E-state index contributed by atoms with van der Waals surface area (Å²) >= 11 is 0. The van der Waals surface area contributed by atoms with E-state index in [9.17, 15) is 5.11 Å². The van der Waals surface area contributed by atoms with E-state index in [4.69, 9.17) is 0 Å². The van der Waals surface area contributed by atoms with E-state index in [1.807, 2.05) is 6.92 Å². The van der Waals surface area contributed by atoms with Crippen molar-refractivity contribution in [3.8, 4) is 0 Å². The van der Waals surface area contributed by atoms with Crippen LogP contribution in [0.1, 0.15) is 64.0 Å². The van der Waals surface area contributed by atoms with Crippen molar-refractivity contribution in [3.63, 3.8) is 0 Å². The smallest absolute Gasteiger partial charge is 0.0512 e. The summed E-state index contributed by atoms with van der Waals surface area (Å²) in [6.07, 6.45) is 6.89. The average Bonchev–Trinajstić information content (AvgIpc) is 2.31. The molecule has 0 heterocycles. The first-order chi connectivity index (χ1) is 8.91. The van der Waals surface area contributed by atoms with Crippen LogP contribution in [0.3, 0.4) is 0 Å². The van der Waals surface area contributed by atoms with Crippen LogP contribution in [0.5, 0.6) is 0 Å². The Balaban J connectivity index is 2.34. The third kappa shape index (κ3) is 6.77. The van der Waals surface area contributed by atoms with Gasteiger partial charge in [-0.15, -0.1) is 0 Å². The minimum atomic E-state index is -0.139. The minimum Gasteiger partial charge on any atom is -0.393 e. The summed E-state index contributed by atoms with van der Waals surface area (Å²) in [4.78, 5) is 0. The SMILES string of the molecule is Cc1ccccc1CC(C)(C)CCCCCC(C)O. The number of rotatable bonds is 8. The molecule has 0 spiro atoms. The molecule has 0 aromatic heterocycles. The number of aryl methyl sites for hydroxylation is 1. The van der Waals surface area contributed by atoms with Crippen molar-refractivity contribution in [2.45, 2.75) is 72.3 Å². The molecule has 0 saturated carbocycles. The van der Waals surface area contributed by atoms with Gasteiger partial charge in [0.1, 0.15) is 0 Å². The average molecular weight is 262 g/mol. The Morgan fingerprint density at radius 1 is 1.11 bits per heavy atom. The van der Waals surface area contributed by atoms with Crippen LogP contribution in [0.15, 0.2) is 24.3 Å². The zero-order chi connectivity index (χ0) is 14.3. The van der Waals surface area contributed by atoms with E-state index in [-0.39, 0.29) is 6.10 Å². The molecule has 0 radical (unpaired) electrons. The predicted molar refractivity (Wildman–Crippen MR) is 83.4 cm³/mol. The third-order valence-electron chi connectivity index (χ3n) is 3.91. The molecule has 1 unspecified atom stereocenters. The van der Waals surface area contributed by atoms with Crippen LogP contribution in [-0.2, 0) is 6.42 Å². The maximum atomic E-state index is 9.24. The van der Waals surface area contributed by atoms with E-state index in [0.717, 1.165) is 19.3 Å². The highest BCUT2D eigenvalue weighted by atomic mass is 16.3. The van der Waals surface area contributed by atoms with Crippen LogP contribution >= 0.6 is 0 Å². The van der Waals surface area contributed by atoms with Crippen LogP contribution in [0.4, 0.5) is 0 Å². The van der Waals surface area contributed by atoms with Crippen molar-refractivity contribution in [2.75, 3.05) is 0 Å². The van der Waals surface area contributed by atoms with Crippen molar-refractivity contribution < 1.29 is 5.11 Å². The second-order valence-corrected chi connectivity index (χ2v) is 6.72. The van der Waals surface area contributed by atoms with Crippen LogP contribution in [0, 0.1) is 12.3 Å². The highest BCUT2D eigenvalue weighted by Crippen LogP contribution is 2.29. The quantitative estimate of drug-likeness (QED) is 0.661. The summed E-state index contributed by atoms with van der Waals surface area (Å²) in [5.74, 6) is 0. The Morgan fingerprint density at radius 3 is 2.42 bits per heavy atom. The number of aliphatic hydroxyl groups is 1. The molecule has 0 amide bonds. The molecule has 0 saturated heterocycles. The summed E-state index contributed by atoms with van der Waals surface area (Å²) in [6.45, 7) is 8.82. The van der Waals surface area contributed by atoms with Crippen molar-refractivity contribution in [1.29, 1.82) is 0 Å². The van der Waals surface area contributed by atoms with Crippen molar-refractivity contribution in [2.24, 2.45) is 5.41 Å². The third-order valence-corrected chi connectivity index (χ3v) is 3.91. The zero-order valence-corrected chi connectivity index (χ0v) is 13.1. The second kappa shape index (κ2) is 7.69. The molecule has 1 N–H and O–H groups in total. The molecular weight excluding hydrogens is 232 g/mol. The van der Waals surface area contributed by atoms with E-state index in [1.165, 1.54) is 30.4 Å². The lowest BCUT2D eigenvalue weighted by Gasteiger charge is -2.25. The van der Waals surface area contributed by atoms with Crippen LogP contribution in [-0.4, -0.2) is 11.2 Å². The monoisotopic (exact) mass is 262 g/mol. The number of hydrogen-bond donors (Lipinski definition) is 1. The van der Waals surface area contributed by atoms with E-state index in [2.05, 4.69) is 45.0 Å². The highest BCUT2D eigenvalue weighted by Gasteiger charge is 2.18. The van der Waals surface area contributed by atoms with Gasteiger partial charge in [0.05, 0.1) is 6.10 Å². The lowest BCUT2D eigenvalue weighted by atomic mass is 9.80. The summed E-state index contributed by atoms with van der Waals surface area (Å²) in [7, 11) is 0. The van der Waals surface area contributed by atoms with Gasteiger partial charge in [-0.25, -0.2) is 0 Å². The molecule has 1 heteroatoms. The lowest BCUT2D eigenvalue weighted by molar-refractivity contribution is 0.179. The number of benzene rings is 1. The molecule has 1 atom stereocenters. The number of aliphatic hydroxyl groups excluding tert-OH is 1. The molecule has 0 bridgehead atoms. The Labute approximate surface area is 119 Å². The first-order valence-electron chi connectivity index (χ1n) is 7.63. The van der Waals surface area contributed by atoms with E-state index in [1.54, 1.807) is 0 Å². The Morgan fingerprint density at radius 2 is 1.79 bits per heavy atom. The second-order valence-electron chi connectivity index (χ2n) is 6.72. The highest BCUT2D eigenvalue weighted by molar-refractivity contribution is 5.26. The van der Waals surface area contributed by atoms with Gasteiger partial charge < -0.3 is 5.11 Å². The fourth-order valence-corrected chi connectivity index (χ4v) is 2.63. The van der Waals surface area contributed by atoms with Crippen molar-refractivity contribution in [1.82, 2.24) is 0 Å². The van der Waals surface area contributed by atoms with Gasteiger partial charge in [-0.1, -0.05) is 57.4 Å². The van der Waals surface area contributed by atoms with Gasteiger partial charge in [-0.05, 0) is 49.7 Å².